The molecule has 0 bridgehead atoms. The first-order chi connectivity index (χ1) is 13.0. The molecule has 4 rings (SSSR count). The van der Waals surface area contributed by atoms with Crippen LogP contribution >= 0.6 is 11.6 Å². The van der Waals surface area contributed by atoms with Gasteiger partial charge in [-0.25, -0.2) is 4.68 Å². The summed E-state index contributed by atoms with van der Waals surface area (Å²) in [4.78, 5) is 0. The van der Waals surface area contributed by atoms with E-state index in [9.17, 15) is 0 Å². The van der Waals surface area contributed by atoms with Gasteiger partial charge in [0, 0.05) is 36.5 Å². The van der Waals surface area contributed by atoms with E-state index >= 15 is 0 Å². The van der Waals surface area contributed by atoms with Crippen molar-refractivity contribution < 1.29 is 0 Å². The summed E-state index contributed by atoms with van der Waals surface area (Å²) in [5.74, 6) is 0. The number of hydrogen-bond acceptors (Lipinski definition) is 3. The minimum atomic E-state index is 0.296. The van der Waals surface area contributed by atoms with Gasteiger partial charge in [0.25, 0.3) is 0 Å². The second-order valence-corrected chi connectivity index (χ2v) is 7.89. The van der Waals surface area contributed by atoms with Gasteiger partial charge < -0.3 is 5.32 Å². The predicted octanol–water partition coefficient (Wildman–Crippen LogP) is 4.35. The fraction of sp³-hybridized carbons (Fsp3) is 0.429. The first-order valence-electron chi connectivity index (χ1n) is 9.51. The van der Waals surface area contributed by atoms with Crippen molar-refractivity contribution >= 4 is 11.6 Å². The van der Waals surface area contributed by atoms with E-state index in [1.807, 2.05) is 20.2 Å². The first kappa shape index (κ1) is 18.3. The highest BCUT2D eigenvalue weighted by atomic mass is 35.5. The Hall–Kier alpha value is -2.11. The molecule has 0 radical (unpaired) electrons. The Bertz CT molecular complexity index is 985. The Morgan fingerprint density at radius 1 is 1.22 bits per heavy atom. The topological polar surface area (TPSA) is 47.7 Å². The van der Waals surface area contributed by atoms with Gasteiger partial charge in [0.2, 0.25) is 0 Å². The third kappa shape index (κ3) is 3.30. The lowest BCUT2D eigenvalue weighted by Crippen LogP contribution is -2.25. The van der Waals surface area contributed by atoms with E-state index in [1.165, 1.54) is 22.4 Å². The second-order valence-electron chi connectivity index (χ2n) is 7.53. The number of hydrogen-bond donors (Lipinski definition) is 1. The molecule has 0 unspecified atom stereocenters. The van der Waals surface area contributed by atoms with Gasteiger partial charge in [-0.1, -0.05) is 17.7 Å². The van der Waals surface area contributed by atoms with Gasteiger partial charge in [0.15, 0.2) is 0 Å². The molecule has 3 aromatic rings. The standard InChI is InChI=1S/C21H26ClN5/c1-13-8-9-16(10-14(13)2)27-20-7-5-6-19(18(20)12-24-27)23-11-17-15(3)25-26(4)21(17)22/h8-10,12,19,23H,5-7,11H2,1-4H3/t19-/m0/s1. The van der Waals surface area contributed by atoms with E-state index in [1.54, 1.807) is 4.68 Å². The van der Waals surface area contributed by atoms with Crippen LogP contribution in [-0.2, 0) is 20.0 Å². The third-order valence-electron chi connectivity index (χ3n) is 5.71. The molecule has 0 saturated carbocycles. The molecule has 1 aromatic carbocycles. The van der Waals surface area contributed by atoms with Crippen LogP contribution in [-0.4, -0.2) is 19.6 Å². The van der Waals surface area contributed by atoms with E-state index < -0.39 is 0 Å². The van der Waals surface area contributed by atoms with Gasteiger partial charge in [-0.3, -0.25) is 4.68 Å². The van der Waals surface area contributed by atoms with Crippen LogP contribution in [0.25, 0.3) is 5.69 Å². The van der Waals surface area contributed by atoms with Crippen LogP contribution in [0, 0.1) is 20.8 Å². The van der Waals surface area contributed by atoms with Crippen LogP contribution in [0.1, 0.15) is 52.5 Å². The van der Waals surface area contributed by atoms with Crippen LogP contribution in [0.3, 0.4) is 0 Å². The average Bonchev–Trinajstić information content (AvgIpc) is 3.18. The molecule has 1 aliphatic carbocycles. The number of rotatable bonds is 4. The molecule has 2 heterocycles. The van der Waals surface area contributed by atoms with E-state index in [-0.39, 0.29) is 0 Å². The maximum atomic E-state index is 6.39. The first-order valence-corrected chi connectivity index (χ1v) is 9.89. The van der Waals surface area contributed by atoms with E-state index in [0.717, 1.165) is 42.8 Å². The quantitative estimate of drug-likeness (QED) is 0.728. The summed E-state index contributed by atoms with van der Waals surface area (Å²) < 4.78 is 3.84. The molecule has 0 amide bonds. The van der Waals surface area contributed by atoms with E-state index in [2.05, 4.69) is 47.1 Å². The van der Waals surface area contributed by atoms with Gasteiger partial charge >= 0.3 is 0 Å². The van der Waals surface area contributed by atoms with Crippen LogP contribution in [0.4, 0.5) is 0 Å². The van der Waals surface area contributed by atoms with E-state index in [0.29, 0.717) is 11.2 Å². The average molecular weight is 384 g/mol. The van der Waals surface area contributed by atoms with Crippen molar-refractivity contribution in [1.29, 1.82) is 0 Å². The molecule has 0 saturated heterocycles. The number of nitrogens with zero attached hydrogens (tertiary/aromatic N) is 4. The van der Waals surface area contributed by atoms with Gasteiger partial charge in [-0.2, -0.15) is 10.2 Å². The number of nitrogens with one attached hydrogen (secondary N) is 1. The molecule has 0 aliphatic heterocycles. The molecule has 0 fully saturated rings. The SMILES string of the molecule is Cc1ccc(-n2ncc3c2CCC[C@@H]3NCc2c(C)nn(C)c2Cl)cc1C. The summed E-state index contributed by atoms with van der Waals surface area (Å²) in [5, 5.41) is 13.5. The zero-order valence-electron chi connectivity index (χ0n) is 16.4. The molecule has 1 aliphatic rings. The smallest absolute Gasteiger partial charge is 0.131 e. The van der Waals surface area contributed by atoms with Crippen molar-refractivity contribution in [2.45, 2.75) is 52.6 Å². The zero-order valence-corrected chi connectivity index (χ0v) is 17.1. The van der Waals surface area contributed by atoms with Crippen molar-refractivity contribution in [3.63, 3.8) is 0 Å². The summed E-state index contributed by atoms with van der Waals surface area (Å²) in [6.45, 7) is 7.02. The van der Waals surface area contributed by atoms with E-state index in [4.69, 9.17) is 16.7 Å². The van der Waals surface area contributed by atoms with Crippen molar-refractivity contribution in [2.24, 2.45) is 7.05 Å². The fourth-order valence-electron chi connectivity index (χ4n) is 3.95. The maximum absolute atomic E-state index is 6.39. The molecule has 27 heavy (non-hydrogen) atoms. The van der Waals surface area contributed by atoms with Crippen LogP contribution < -0.4 is 5.32 Å². The minimum Gasteiger partial charge on any atom is -0.306 e. The largest absolute Gasteiger partial charge is 0.306 e. The molecular weight excluding hydrogens is 358 g/mol. The molecule has 0 spiro atoms. The molecular formula is C21H26ClN5. The van der Waals surface area contributed by atoms with Gasteiger partial charge in [0.05, 0.1) is 17.6 Å². The fourth-order valence-corrected chi connectivity index (χ4v) is 4.19. The Morgan fingerprint density at radius 2 is 2.04 bits per heavy atom. The van der Waals surface area contributed by atoms with Gasteiger partial charge in [-0.15, -0.1) is 0 Å². The van der Waals surface area contributed by atoms with Crippen molar-refractivity contribution in [3.8, 4) is 5.69 Å². The van der Waals surface area contributed by atoms with Gasteiger partial charge in [0.1, 0.15) is 5.15 Å². The molecule has 2 aromatic heterocycles. The van der Waals surface area contributed by atoms with Crippen LogP contribution in [0.15, 0.2) is 24.4 Å². The second kappa shape index (κ2) is 7.13. The Kier molecular flexibility index (Phi) is 4.82. The van der Waals surface area contributed by atoms with Crippen molar-refractivity contribution in [2.75, 3.05) is 0 Å². The summed E-state index contributed by atoms with van der Waals surface area (Å²) >= 11 is 6.39. The summed E-state index contributed by atoms with van der Waals surface area (Å²) in [5.41, 5.74) is 8.43. The Labute approximate surface area is 165 Å². The summed E-state index contributed by atoms with van der Waals surface area (Å²) in [6, 6.07) is 6.85. The molecule has 1 atom stereocenters. The Morgan fingerprint density at radius 3 is 2.74 bits per heavy atom. The normalized spacial score (nSPS) is 16.6. The highest BCUT2D eigenvalue weighted by Gasteiger charge is 2.25. The lowest BCUT2D eigenvalue weighted by molar-refractivity contribution is 0.454. The number of aryl methyl sites for hydroxylation is 4. The lowest BCUT2D eigenvalue weighted by atomic mass is 9.92. The lowest BCUT2D eigenvalue weighted by Gasteiger charge is -2.24. The third-order valence-corrected chi connectivity index (χ3v) is 6.19. The van der Waals surface area contributed by atoms with Crippen LogP contribution in [0.5, 0.6) is 0 Å². The number of halogens is 1. The highest BCUT2D eigenvalue weighted by molar-refractivity contribution is 6.30. The monoisotopic (exact) mass is 383 g/mol. The number of aromatic nitrogens is 4. The molecule has 1 N–H and O–H groups in total. The maximum Gasteiger partial charge on any atom is 0.131 e. The molecule has 142 valence electrons. The molecule has 6 heteroatoms. The van der Waals surface area contributed by atoms with Gasteiger partial charge in [-0.05, 0) is 63.3 Å². The molecule has 5 nitrogen and oxygen atoms in total. The highest BCUT2D eigenvalue weighted by Crippen LogP contribution is 2.32. The number of benzene rings is 1. The van der Waals surface area contributed by atoms with Crippen LogP contribution in [0.2, 0.25) is 5.15 Å². The number of fused-ring (bicyclic) bond motifs is 1. The zero-order chi connectivity index (χ0) is 19.1. The predicted molar refractivity (Wildman–Crippen MR) is 109 cm³/mol. The van der Waals surface area contributed by atoms with Crippen molar-refractivity contribution in [3.05, 3.63) is 63.2 Å². The Balaban J connectivity index is 1.59. The summed E-state index contributed by atoms with van der Waals surface area (Å²) in [6.07, 6.45) is 5.36. The summed E-state index contributed by atoms with van der Waals surface area (Å²) in [7, 11) is 1.88. The minimum absolute atomic E-state index is 0.296. The van der Waals surface area contributed by atoms with Crippen molar-refractivity contribution in [1.82, 2.24) is 24.9 Å².